The molecule has 0 aromatic carbocycles. The van der Waals surface area contributed by atoms with E-state index in [0.29, 0.717) is 18.1 Å². The molecule has 2 N–H and O–H groups in total. The molecule has 3 atom stereocenters. The number of aromatic nitrogens is 2. The molecule has 2 heterocycles. The summed E-state index contributed by atoms with van der Waals surface area (Å²) in [7, 11) is 0. The molecule has 3 unspecified atom stereocenters. The minimum absolute atomic E-state index is 0.323. The van der Waals surface area contributed by atoms with Crippen LogP contribution in [-0.2, 0) is 0 Å². The van der Waals surface area contributed by atoms with Crippen LogP contribution < -0.4 is 5.32 Å². The van der Waals surface area contributed by atoms with E-state index in [1.807, 2.05) is 12.4 Å². The Morgan fingerprint density at radius 1 is 1.25 bits per heavy atom. The third-order valence-corrected chi connectivity index (χ3v) is 5.21. The second-order valence-electron chi connectivity index (χ2n) is 6.89. The molecule has 0 radical (unpaired) electrons. The van der Waals surface area contributed by atoms with Crippen molar-refractivity contribution in [3.05, 3.63) is 18.2 Å². The van der Waals surface area contributed by atoms with Gasteiger partial charge in [-0.25, -0.2) is 4.98 Å². The Morgan fingerprint density at radius 2 is 1.95 bits per heavy atom. The maximum atomic E-state index is 4.39. The van der Waals surface area contributed by atoms with Crippen LogP contribution in [0.25, 0.3) is 0 Å². The molecule has 1 aliphatic heterocycles. The summed E-state index contributed by atoms with van der Waals surface area (Å²) >= 11 is 0. The van der Waals surface area contributed by atoms with Gasteiger partial charge in [-0.05, 0) is 45.4 Å². The van der Waals surface area contributed by atoms with Crippen molar-refractivity contribution < 1.29 is 0 Å². The molecular formula is C16H28N4. The molecule has 2 fully saturated rings. The fraction of sp³-hybridized carbons (Fsp3) is 0.812. The summed E-state index contributed by atoms with van der Waals surface area (Å²) in [5.41, 5.74) is 0. The van der Waals surface area contributed by atoms with Crippen molar-refractivity contribution in [1.82, 2.24) is 20.2 Å². The summed E-state index contributed by atoms with van der Waals surface area (Å²) in [6.07, 6.45) is 7.92. The molecule has 0 spiro atoms. The number of hydrogen-bond acceptors (Lipinski definition) is 3. The van der Waals surface area contributed by atoms with Crippen molar-refractivity contribution in [3.63, 3.8) is 0 Å². The number of hydrogen-bond donors (Lipinski definition) is 2. The Balaban J connectivity index is 1.67. The number of nitrogens with one attached hydrogen (secondary N) is 2. The van der Waals surface area contributed by atoms with Gasteiger partial charge < -0.3 is 15.2 Å². The fourth-order valence-corrected chi connectivity index (χ4v) is 4.05. The minimum Gasteiger partial charge on any atom is -0.347 e. The van der Waals surface area contributed by atoms with Crippen LogP contribution in [0, 0.1) is 11.8 Å². The van der Waals surface area contributed by atoms with Crippen LogP contribution in [0.15, 0.2) is 12.4 Å². The number of nitrogens with zero attached hydrogens (tertiary/aromatic N) is 2. The predicted molar refractivity (Wildman–Crippen MR) is 81.5 cm³/mol. The Bertz CT molecular complexity index is 400. The summed E-state index contributed by atoms with van der Waals surface area (Å²) in [4.78, 5) is 10.3. The highest BCUT2D eigenvalue weighted by Crippen LogP contribution is 2.36. The zero-order valence-corrected chi connectivity index (χ0v) is 13.0. The first kappa shape index (κ1) is 14.1. The number of piperidine rings is 1. The highest BCUT2D eigenvalue weighted by molar-refractivity contribution is 5.00. The van der Waals surface area contributed by atoms with E-state index in [1.165, 1.54) is 32.4 Å². The number of likely N-dealkylation sites (tertiary alicyclic amines) is 1. The minimum atomic E-state index is 0.323. The van der Waals surface area contributed by atoms with E-state index in [1.54, 1.807) is 0 Å². The van der Waals surface area contributed by atoms with Gasteiger partial charge in [0.25, 0.3) is 0 Å². The van der Waals surface area contributed by atoms with Crippen molar-refractivity contribution in [2.45, 2.75) is 58.2 Å². The molecule has 1 aromatic rings. The number of H-pyrrole nitrogens is 1. The molecule has 1 saturated heterocycles. The molecule has 1 aromatic heterocycles. The van der Waals surface area contributed by atoms with Crippen molar-refractivity contribution in [1.29, 1.82) is 0 Å². The van der Waals surface area contributed by atoms with Crippen molar-refractivity contribution in [2.24, 2.45) is 11.8 Å². The highest BCUT2D eigenvalue weighted by atomic mass is 15.2. The summed E-state index contributed by atoms with van der Waals surface area (Å²) < 4.78 is 0. The van der Waals surface area contributed by atoms with E-state index in [9.17, 15) is 0 Å². The SMILES string of the molecule is CC(NC1C2CCCC1CN(C(C)C)C2)c1ncc[nH]1. The van der Waals surface area contributed by atoms with Gasteiger partial charge in [0.1, 0.15) is 5.82 Å². The molecule has 3 rings (SSSR count). The van der Waals surface area contributed by atoms with Crippen molar-refractivity contribution in [2.75, 3.05) is 13.1 Å². The lowest BCUT2D eigenvalue weighted by atomic mass is 9.73. The molecule has 20 heavy (non-hydrogen) atoms. The van der Waals surface area contributed by atoms with Gasteiger partial charge in [-0.15, -0.1) is 0 Å². The quantitative estimate of drug-likeness (QED) is 0.888. The van der Waals surface area contributed by atoms with E-state index in [4.69, 9.17) is 0 Å². The first-order valence-electron chi connectivity index (χ1n) is 8.14. The lowest BCUT2D eigenvalue weighted by Crippen LogP contribution is -2.58. The Hall–Kier alpha value is -0.870. The summed E-state index contributed by atoms with van der Waals surface area (Å²) in [5, 5.41) is 3.86. The van der Waals surface area contributed by atoms with Gasteiger partial charge in [0.2, 0.25) is 0 Å². The number of imidazole rings is 1. The Kier molecular flexibility index (Phi) is 4.13. The average Bonchev–Trinajstić information content (AvgIpc) is 2.91. The second-order valence-corrected chi connectivity index (χ2v) is 6.89. The van der Waals surface area contributed by atoms with Crippen molar-refractivity contribution >= 4 is 0 Å². The number of rotatable bonds is 4. The lowest BCUT2D eigenvalue weighted by Gasteiger charge is -2.49. The average molecular weight is 276 g/mol. The molecule has 112 valence electrons. The van der Waals surface area contributed by atoms with E-state index in [2.05, 4.69) is 41.0 Å². The molecule has 1 aliphatic carbocycles. The van der Waals surface area contributed by atoms with Crippen LogP contribution in [0.5, 0.6) is 0 Å². The predicted octanol–water partition coefficient (Wildman–Crippen LogP) is 2.57. The van der Waals surface area contributed by atoms with Crippen LogP contribution in [0.3, 0.4) is 0 Å². The van der Waals surface area contributed by atoms with Gasteiger partial charge in [0, 0.05) is 37.6 Å². The molecule has 4 nitrogen and oxygen atoms in total. The van der Waals surface area contributed by atoms with E-state index < -0.39 is 0 Å². The normalized spacial score (nSPS) is 32.5. The summed E-state index contributed by atoms with van der Waals surface area (Å²) in [5.74, 6) is 2.68. The van der Waals surface area contributed by atoms with E-state index in [0.717, 1.165) is 17.7 Å². The molecular weight excluding hydrogens is 248 g/mol. The van der Waals surface area contributed by atoms with Gasteiger partial charge in [-0.2, -0.15) is 0 Å². The number of fused-ring (bicyclic) bond motifs is 2. The largest absolute Gasteiger partial charge is 0.347 e. The van der Waals surface area contributed by atoms with Crippen LogP contribution in [0.4, 0.5) is 0 Å². The van der Waals surface area contributed by atoms with Crippen molar-refractivity contribution in [3.8, 4) is 0 Å². The van der Waals surface area contributed by atoms with Crippen LogP contribution in [-0.4, -0.2) is 40.0 Å². The van der Waals surface area contributed by atoms with E-state index >= 15 is 0 Å². The van der Waals surface area contributed by atoms with Crippen LogP contribution >= 0.6 is 0 Å². The van der Waals surface area contributed by atoms with Crippen LogP contribution in [0.2, 0.25) is 0 Å². The molecule has 4 heteroatoms. The van der Waals surface area contributed by atoms with Crippen LogP contribution in [0.1, 0.15) is 51.9 Å². The molecule has 1 saturated carbocycles. The third kappa shape index (κ3) is 2.77. The molecule has 0 amide bonds. The lowest BCUT2D eigenvalue weighted by molar-refractivity contribution is 0.0253. The fourth-order valence-electron chi connectivity index (χ4n) is 4.05. The molecule has 2 bridgehead atoms. The highest BCUT2D eigenvalue weighted by Gasteiger charge is 2.40. The first-order valence-corrected chi connectivity index (χ1v) is 8.14. The van der Waals surface area contributed by atoms with Gasteiger partial charge in [0.15, 0.2) is 0 Å². The summed E-state index contributed by atoms with van der Waals surface area (Å²) in [6, 6.07) is 1.67. The van der Waals surface area contributed by atoms with Gasteiger partial charge >= 0.3 is 0 Å². The summed E-state index contributed by atoms with van der Waals surface area (Å²) in [6.45, 7) is 9.40. The smallest absolute Gasteiger partial charge is 0.122 e. The zero-order valence-electron chi connectivity index (χ0n) is 13.0. The maximum Gasteiger partial charge on any atom is 0.122 e. The maximum absolute atomic E-state index is 4.39. The van der Waals surface area contributed by atoms with Gasteiger partial charge in [-0.1, -0.05) is 6.42 Å². The zero-order chi connectivity index (χ0) is 14.1. The monoisotopic (exact) mass is 276 g/mol. The second kappa shape index (κ2) is 5.86. The molecule has 2 aliphatic rings. The van der Waals surface area contributed by atoms with E-state index in [-0.39, 0.29) is 0 Å². The number of aromatic amines is 1. The third-order valence-electron chi connectivity index (χ3n) is 5.21. The van der Waals surface area contributed by atoms with Gasteiger partial charge in [0.05, 0.1) is 6.04 Å². The Morgan fingerprint density at radius 3 is 2.50 bits per heavy atom. The first-order chi connectivity index (χ1) is 9.65. The standard InChI is InChI=1S/C16H28N4/c1-11(2)20-9-13-5-4-6-14(10-20)15(13)19-12(3)16-17-7-8-18-16/h7-8,11-15,19H,4-6,9-10H2,1-3H3,(H,17,18). The van der Waals surface area contributed by atoms with Gasteiger partial charge in [-0.3, -0.25) is 0 Å². The Labute approximate surface area is 122 Å². The topological polar surface area (TPSA) is 44.0 Å².